The van der Waals surface area contributed by atoms with Crippen LogP contribution in [0.25, 0.3) is 0 Å². The van der Waals surface area contributed by atoms with Gasteiger partial charge in [-0.3, -0.25) is 0 Å². The molecule has 0 radical (unpaired) electrons. The molecule has 0 saturated heterocycles. The highest BCUT2D eigenvalue weighted by Crippen LogP contribution is 2.33. The van der Waals surface area contributed by atoms with Gasteiger partial charge in [0.1, 0.15) is 4.60 Å². The summed E-state index contributed by atoms with van der Waals surface area (Å²) in [7, 11) is 3.25. The zero-order valence-corrected chi connectivity index (χ0v) is 15.2. The van der Waals surface area contributed by atoms with Gasteiger partial charge >= 0.3 is 0 Å². The monoisotopic (exact) mass is 414 g/mol. The van der Waals surface area contributed by atoms with Crippen LogP contribution in [-0.4, -0.2) is 19.2 Å². The van der Waals surface area contributed by atoms with Gasteiger partial charge in [-0.15, -0.1) is 0 Å². The number of hydrogen-bond acceptors (Lipinski definition) is 4. The van der Waals surface area contributed by atoms with E-state index in [1.54, 1.807) is 14.2 Å². The maximum atomic E-state index is 5.33. The lowest BCUT2D eigenvalue weighted by molar-refractivity contribution is 0.354. The molecule has 21 heavy (non-hydrogen) atoms. The van der Waals surface area contributed by atoms with Crippen LogP contribution in [-0.2, 0) is 6.54 Å². The molecule has 0 aliphatic carbocycles. The Morgan fingerprint density at radius 2 is 1.76 bits per heavy atom. The summed E-state index contributed by atoms with van der Waals surface area (Å²) in [5.74, 6) is 1.41. The van der Waals surface area contributed by atoms with Gasteiger partial charge in [-0.25, -0.2) is 4.98 Å². The van der Waals surface area contributed by atoms with Gasteiger partial charge in [-0.1, -0.05) is 15.9 Å². The number of halogens is 2. The van der Waals surface area contributed by atoms with Crippen molar-refractivity contribution >= 4 is 37.5 Å². The van der Waals surface area contributed by atoms with Crippen LogP contribution in [0, 0.1) is 6.92 Å². The van der Waals surface area contributed by atoms with Crippen LogP contribution in [0.15, 0.2) is 33.3 Å². The summed E-state index contributed by atoms with van der Waals surface area (Å²) < 4.78 is 12.4. The molecule has 1 N–H and O–H groups in total. The van der Waals surface area contributed by atoms with Gasteiger partial charge in [-0.05, 0) is 52.7 Å². The average molecular weight is 416 g/mol. The summed E-state index contributed by atoms with van der Waals surface area (Å²) in [4.78, 5) is 4.37. The second kappa shape index (κ2) is 7.13. The van der Waals surface area contributed by atoms with E-state index in [1.807, 2.05) is 31.2 Å². The Bertz CT molecular complexity index is 648. The van der Waals surface area contributed by atoms with Crippen molar-refractivity contribution < 1.29 is 9.47 Å². The minimum atomic E-state index is 0.658. The zero-order valence-electron chi connectivity index (χ0n) is 12.0. The molecule has 112 valence electrons. The van der Waals surface area contributed by atoms with E-state index in [9.17, 15) is 0 Å². The molecule has 0 aliphatic rings. The predicted molar refractivity (Wildman–Crippen MR) is 91.2 cm³/mol. The summed E-state index contributed by atoms with van der Waals surface area (Å²) in [5.41, 5.74) is 3.02. The molecule has 0 unspecified atom stereocenters. The molecule has 1 aromatic heterocycles. The fraction of sp³-hybridized carbons (Fsp3) is 0.267. The lowest BCUT2D eigenvalue weighted by Crippen LogP contribution is -2.04. The summed E-state index contributed by atoms with van der Waals surface area (Å²) in [6.45, 7) is 2.63. The number of aryl methyl sites for hydroxylation is 1. The van der Waals surface area contributed by atoms with Gasteiger partial charge in [0.2, 0.25) is 0 Å². The van der Waals surface area contributed by atoms with E-state index in [4.69, 9.17) is 9.47 Å². The molecular formula is C15H16Br2N2O2. The van der Waals surface area contributed by atoms with Crippen molar-refractivity contribution in [3.05, 3.63) is 44.6 Å². The van der Waals surface area contributed by atoms with Crippen LogP contribution in [0.4, 0.5) is 5.69 Å². The van der Waals surface area contributed by atoms with Gasteiger partial charge in [0.05, 0.1) is 25.6 Å². The number of pyridine rings is 1. The first-order chi connectivity index (χ1) is 10.0. The van der Waals surface area contributed by atoms with E-state index in [2.05, 4.69) is 42.2 Å². The topological polar surface area (TPSA) is 43.4 Å². The smallest absolute Gasteiger partial charge is 0.161 e. The van der Waals surface area contributed by atoms with E-state index >= 15 is 0 Å². The van der Waals surface area contributed by atoms with Gasteiger partial charge in [-0.2, -0.15) is 0 Å². The van der Waals surface area contributed by atoms with Crippen LogP contribution in [0.1, 0.15) is 11.3 Å². The molecule has 1 heterocycles. The second-order valence-corrected chi connectivity index (χ2v) is 6.09. The molecule has 2 rings (SSSR count). The molecule has 0 aliphatic heterocycles. The molecule has 1 aromatic carbocycles. The number of methoxy groups -OCH3 is 2. The van der Waals surface area contributed by atoms with Crippen molar-refractivity contribution in [3.8, 4) is 11.5 Å². The molecular weight excluding hydrogens is 400 g/mol. The van der Waals surface area contributed by atoms with Crippen molar-refractivity contribution in [3.63, 3.8) is 0 Å². The van der Waals surface area contributed by atoms with Gasteiger partial charge in [0, 0.05) is 11.0 Å². The quantitative estimate of drug-likeness (QED) is 0.727. The van der Waals surface area contributed by atoms with Crippen LogP contribution >= 0.6 is 31.9 Å². The fourth-order valence-corrected chi connectivity index (χ4v) is 2.80. The minimum Gasteiger partial charge on any atom is -0.493 e. The number of rotatable bonds is 5. The first kappa shape index (κ1) is 16.1. The molecule has 0 amide bonds. The highest BCUT2D eigenvalue weighted by Gasteiger charge is 2.10. The van der Waals surface area contributed by atoms with E-state index < -0.39 is 0 Å². The maximum Gasteiger partial charge on any atom is 0.161 e. The Hall–Kier alpha value is -1.27. The molecule has 0 atom stereocenters. The van der Waals surface area contributed by atoms with Crippen molar-refractivity contribution in [2.24, 2.45) is 0 Å². The van der Waals surface area contributed by atoms with E-state index in [-0.39, 0.29) is 0 Å². The second-order valence-electron chi connectivity index (χ2n) is 4.42. The number of nitrogens with one attached hydrogen (secondary N) is 1. The summed E-state index contributed by atoms with van der Waals surface area (Å²) >= 11 is 6.92. The number of anilines is 1. The number of nitrogens with zero attached hydrogens (tertiary/aromatic N) is 1. The Morgan fingerprint density at radius 3 is 2.38 bits per heavy atom. The minimum absolute atomic E-state index is 0.658. The fourth-order valence-electron chi connectivity index (χ4n) is 1.94. The normalized spacial score (nSPS) is 10.3. The van der Waals surface area contributed by atoms with Crippen LogP contribution < -0.4 is 14.8 Å². The van der Waals surface area contributed by atoms with E-state index in [1.165, 1.54) is 0 Å². The number of aromatic nitrogens is 1. The van der Waals surface area contributed by atoms with Crippen molar-refractivity contribution in [2.45, 2.75) is 13.5 Å². The summed E-state index contributed by atoms with van der Waals surface area (Å²) in [5, 5.41) is 3.38. The molecule has 6 heteroatoms. The van der Waals surface area contributed by atoms with Gasteiger partial charge < -0.3 is 14.8 Å². The van der Waals surface area contributed by atoms with E-state index in [0.717, 1.165) is 26.0 Å². The number of benzene rings is 1. The SMILES string of the molecule is COc1cc(Br)c(CNc2ccc(Br)nc2C)cc1OC. The van der Waals surface area contributed by atoms with Gasteiger partial charge in [0.25, 0.3) is 0 Å². The van der Waals surface area contributed by atoms with Crippen molar-refractivity contribution in [1.82, 2.24) is 4.98 Å². The highest BCUT2D eigenvalue weighted by molar-refractivity contribution is 9.10. The average Bonchev–Trinajstić information content (AvgIpc) is 2.47. The molecule has 0 fully saturated rings. The molecule has 2 aromatic rings. The predicted octanol–water partition coefficient (Wildman–Crippen LogP) is 4.54. The Morgan fingerprint density at radius 1 is 1.10 bits per heavy atom. The number of hydrogen-bond donors (Lipinski definition) is 1. The van der Waals surface area contributed by atoms with Crippen LogP contribution in [0.2, 0.25) is 0 Å². The van der Waals surface area contributed by atoms with Crippen molar-refractivity contribution in [1.29, 1.82) is 0 Å². The summed E-state index contributed by atoms with van der Waals surface area (Å²) in [6.07, 6.45) is 0. The van der Waals surface area contributed by atoms with Crippen LogP contribution in [0.5, 0.6) is 11.5 Å². The molecule has 0 spiro atoms. The lowest BCUT2D eigenvalue weighted by Gasteiger charge is -2.14. The largest absolute Gasteiger partial charge is 0.493 e. The first-order valence-corrected chi connectivity index (χ1v) is 7.91. The standard InChI is InChI=1S/C15H16Br2N2O2/c1-9-12(4-5-15(17)19-9)18-8-10-6-13(20-2)14(21-3)7-11(10)16/h4-7,18H,8H2,1-3H3. The Labute approximate surface area is 141 Å². The third kappa shape index (κ3) is 3.89. The molecule has 0 saturated carbocycles. The number of ether oxygens (including phenoxy) is 2. The Balaban J connectivity index is 2.19. The first-order valence-electron chi connectivity index (χ1n) is 6.32. The van der Waals surface area contributed by atoms with Crippen molar-refractivity contribution in [2.75, 3.05) is 19.5 Å². The maximum absolute atomic E-state index is 5.33. The third-order valence-corrected chi connectivity index (χ3v) is 4.25. The van der Waals surface area contributed by atoms with Gasteiger partial charge in [0.15, 0.2) is 11.5 Å². The summed E-state index contributed by atoms with van der Waals surface area (Å²) in [6, 6.07) is 7.78. The van der Waals surface area contributed by atoms with E-state index in [0.29, 0.717) is 18.0 Å². The zero-order chi connectivity index (χ0) is 15.4. The lowest BCUT2D eigenvalue weighted by atomic mass is 10.2. The molecule has 4 nitrogen and oxygen atoms in total. The molecule has 0 bridgehead atoms. The van der Waals surface area contributed by atoms with Crippen LogP contribution in [0.3, 0.4) is 0 Å². The third-order valence-electron chi connectivity index (χ3n) is 3.07. The Kier molecular flexibility index (Phi) is 5.47. The highest BCUT2D eigenvalue weighted by atomic mass is 79.9.